The molecule has 1 N–H and O–H groups in total. The van der Waals surface area contributed by atoms with Gasteiger partial charge in [0.2, 0.25) is 0 Å². The van der Waals surface area contributed by atoms with Crippen LogP contribution in [0.15, 0.2) is 16.9 Å². The highest BCUT2D eigenvalue weighted by Gasteiger charge is 2.09. The van der Waals surface area contributed by atoms with E-state index in [9.17, 15) is 0 Å². The van der Waals surface area contributed by atoms with Crippen LogP contribution in [0, 0.1) is 0 Å². The fourth-order valence-corrected chi connectivity index (χ4v) is 1.53. The minimum atomic E-state index is 0.926. The summed E-state index contributed by atoms with van der Waals surface area (Å²) in [5.41, 5.74) is 2.69. The molecule has 0 saturated heterocycles. The number of nitrogens with zero attached hydrogens (tertiary/aromatic N) is 1. The van der Waals surface area contributed by atoms with Gasteiger partial charge in [0.15, 0.2) is 0 Å². The molecule has 0 fully saturated rings. The summed E-state index contributed by atoms with van der Waals surface area (Å²) >= 11 is 3.33. The van der Waals surface area contributed by atoms with Gasteiger partial charge in [0, 0.05) is 19.3 Å². The Morgan fingerprint density at radius 1 is 1.40 bits per heavy atom. The minimum absolute atomic E-state index is 0.926. The zero-order valence-electron chi connectivity index (χ0n) is 5.39. The van der Waals surface area contributed by atoms with Gasteiger partial charge in [0.25, 0.3) is 0 Å². The lowest BCUT2D eigenvalue weighted by Crippen LogP contribution is -1.99. The molecule has 0 atom stereocenters. The van der Waals surface area contributed by atoms with Crippen LogP contribution in [0.25, 0.3) is 0 Å². The molecule has 1 aromatic rings. The van der Waals surface area contributed by atoms with Crippen molar-refractivity contribution in [2.75, 3.05) is 0 Å². The second kappa shape index (κ2) is 2.32. The van der Waals surface area contributed by atoms with Crippen LogP contribution >= 0.6 is 15.9 Å². The van der Waals surface area contributed by atoms with Crippen LogP contribution in [0.5, 0.6) is 0 Å². The summed E-state index contributed by atoms with van der Waals surface area (Å²) in [6.45, 7) is 1.95. The third-order valence-corrected chi connectivity index (χ3v) is 2.11. The summed E-state index contributed by atoms with van der Waals surface area (Å²) in [6.07, 6.45) is 1.92. The predicted molar refractivity (Wildman–Crippen MR) is 42.5 cm³/mol. The third-order valence-electron chi connectivity index (χ3n) is 1.68. The van der Waals surface area contributed by atoms with Crippen molar-refractivity contribution in [1.82, 2.24) is 10.3 Å². The predicted octanol–water partition coefficient (Wildman–Crippen LogP) is 1.45. The zero-order chi connectivity index (χ0) is 6.97. The van der Waals surface area contributed by atoms with Gasteiger partial charge in [-0.05, 0) is 33.1 Å². The Kier molecular flexibility index (Phi) is 1.47. The van der Waals surface area contributed by atoms with Gasteiger partial charge in [-0.15, -0.1) is 0 Å². The number of aromatic nitrogens is 1. The first-order valence-electron chi connectivity index (χ1n) is 3.20. The molecule has 1 aliphatic rings. The Labute approximate surface area is 67.8 Å². The fourth-order valence-electron chi connectivity index (χ4n) is 1.15. The summed E-state index contributed by atoms with van der Waals surface area (Å²) in [7, 11) is 0. The van der Waals surface area contributed by atoms with Crippen molar-refractivity contribution in [3.05, 3.63) is 28.0 Å². The highest BCUT2D eigenvalue weighted by Crippen LogP contribution is 2.17. The van der Waals surface area contributed by atoms with Gasteiger partial charge < -0.3 is 5.32 Å². The standard InChI is InChI=1S/C7H7BrN2/c8-7-1-5-2-9-3-6(5)4-10-7/h1,4,9H,2-3H2. The molecule has 0 unspecified atom stereocenters. The molecular weight excluding hydrogens is 192 g/mol. The molecule has 52 valence electrons. The third kappa shape index (κ3) is 0.954. The molecule has 0 aliphatic carbocycles. The van der Waals surface area contributed by atoms with E-state index in [4.69, 9.17) is 0 Å². The Morgan fingerprint density at radius 2 is 2.20 bits per heavy atom. The molecule has 10 heavy (non-hydrogen) atoms. The average Bonchev–Trinajstić information content (AvgIpc) is 2.33. The molecular formula is C7H7BrN2. The van der Waals surface area contributed by atoms with E-state index in [0.29, 0.717) is 0 Å². The summed E-state index contributed by atoms with van der Waals surface area (Å²) < 4.78 is 0.926. The lowest BCUT2D eigenvalue weighted by atomic mass is 10.2. The largest absolute Gasteiger partial charge is 0.309 e. The van der Waals surface area contributed by atoms with E-state index >= 15 is 0 Å². The van der Waals surface area contributed by atoms with E-state index in [2.05, 4.69) is 32.3 Å². The van der Waals surface area contributed by atoms with Crippen molar-refractivity contribution >= 4 is 15.9 Å². The number of pyridine rings is 1. The summed E-state index contributed by atoms with van der Waals surface area (Å²) in [4.78, 5) is 4.13. The topological polar surface area (TPSA) is 24.9 Å². The van der Waals surface area contributed by atoms with Gasteiger partial charge in [-0.2, -0.15) is 0 Å². The van der Waals surface area contributed by atoms with Crippen LogP contribution in [-0.4, -0.2) is 4.98 Å². The monoisotopic (exact) mass is 198 g/mol. The zero-order valence-corrected chi connectivity index (χ0v) is 6.98. The van der Waals surface area contributed by atoms with Crippen molar-refractivity contribution < 1.29 is 0 Å². The number of halogens is 1. The number of nitrogens with one attached hydrogen (secondary N) is 1. The lowest BCUT2D eigenvalue weighted by Gasteiger charge is -1.94. The first-order valence-corrected chi connectivity index (χ1v) is 3.99. The first-order chi connectivity index (χ1) is 4.86. The van der Waals surface area contributed by atoms with E-state index in [-0.39, 0.29) is 0 Å². The Hall–Kier alpha value is -0.410. The van der Waals surface area contributed by atoms with Crippen LogP contribution < -0.4 is 5.32 Å². The quantitative estimate of drug-likeness (QED) is 0.639. The van der Waals surface area contributed by atoms with Gasteiger partial charge in [-0.1, -0.05) is 0 Å². The normalized spacial score (nSPS) is 15.3. The van der Waals surface area contributed by atoms with Gasteiger partial charge in [-0.3, -0.25) is 0 Å². The molecule has 0 bridgehead atoms. The van der Waals surface area contributed by atoms with Crippen molar-refractivity contribution in [3.63, 3.8) is 0 Å². The fraction of sp³-hybridized carbons (Fsp3) is 0.286. The minimum Gasteiger partial charge on any atom is -0.309 e. The lowest BCUT2D eigenvalue weighted by molar-refractivity contribution is 0.764. The van der Waals surface area contributed by atoms with E-state index in [1.807, 2.05) is 6.20 Å². The maximum atomic E-state index is 4.13. The van der Waals surface area contributed by atoms with E-state index in [1.165, 1.54) is 11.1 Å². The van der Waals surface area contributed by atoms with E-state index in [1.54, 1.807) is 0 Å². The highest BCUT2D eigenvalue weighted by atomic mass is 79.9. The van der Waals surface area contributed by atoms with Crippen LogP contribution in [0.1, 0.15) is 11.1 Å². The number of rotatable bonds is 0. The molecule has 2 nitrogen and oxygen atoms in total. The average molecular weight is 199 g/mol. The second-order valence-corrected chi connectivity index (χ2v) is 3.19. The molecule has 0 saturated carbocycles. The molecule has 3 heteroatoms. The molecule has 2 rings (SSSR count). The molecule has 1 aliphatic heterocycles. The Balaban J connectivity index is 2.52. The molecule has 0 amide bonds. The van der Waals surface area contributed by atoms with Gasteiger partial charge in [0.1, 0.15) is 4.60 Å². The van der Waals surface area contributed by atoms with Gasteiger partial charge in [0.05, 0.1) is 0 Å². The number of hydrogen-bond acceptors (Lipinski definition) is 2. The summed E-state index contributed by atoms with van der Waals surface area (Å²) in [5.74, 6) is 0. The number of fused-ring (bicyclic) bond motifs is 1. The molecule has 2 heterocycles. The maximum Gasteiger partial charge on any atom is 0.106 e. The SMILES string of the molecule is Brc1cc2c(cn1)CNC2. The van der Waals surface area contributed by atoms with E-state index < -0.39 is 0 Å². The van der Waals surface area contributed by atoms with Crippen molar-refractivity contribution in [2.45, 2.75) is 13.1 Å². The molecule has 0 aromatic carbocycles. The van der Waals surface area contributed by atoms with Crippen molar-refractivity contribution in [2.24, 2.45) is 0 Å². The molecule has 1 aromatic heterocycles. The van der Waals surface area contributed by atoms with E-state index in [0.717, 1.165) is 17.7 Å². The second-order valence-electron chi connectivity index (χ2n) is 2.38. The van der Waals surface area contributed by atoms with Crippen molar-refractivity contribution in [1.29, 1.82) is 0 Å². The van der Waals surface area contributed by atoms with Crippen molar-refractivity contribution in [3.8, 4) is 0 Å². The van der Waals surface area contributed by atoms with Crippen LogP contribution in [0.4, 0.5) is 0 Å². The van der Waals surface area contributed by atoms with Crippen LogP contribution in [-0.2, 0) is 13.1 Å². The van der Waals surface area contributed by atoms with Gasteiger partial charge >= 0.3 is 0 Å². The Bertz CT molecular complexity index is 260. The molecule has 0 spiro atoms. The smallest absolute Gasteiger partial charge is 0.106 e. The first kappa shape index (κ1) is 6.31. The van der Waals surface area contributed by atoms with Crippen LogP contribution in [0.2, 0.25) is 0 Å². The van der Waals surface area contributed by atoms with Gasteiger partial charge in [-0.25, -0.2) is 4.98 Å². The maximum absolute atomic E-state index is 4.13. The Morgan fingerprint density at radius 3 is 3.10 bits per heavy atom. The highest BCUT2D eigenvalue weighted by molar-refractivity contribution is 9.10. The summed E-state index contributed by atoms with van der Waals surface area (Å²) in [5, 5.41) is 3.25. The number of hydrogen-bond donors (Lipinski definition) is 1. The molecule has 0 radical (unpaired) electrons. The van der Waals surface area contributed by atoms with Crippen LogP contribution in [0.3, 0.4) is 0 Å². The summed E-state index contributed by atoms with van der Waals surface area (Å²) in [6, 6.07) is 2.06.